The van der Waals surface area contributed by atoms with E-state index >= 15 is 0 Å². The molecule has 1 amide bonds. The largest absolute Gasteiger partial charge is 0.497 e. The minimum absolute atomic E-state index is 0.135. The van der Waals surface area contributed by atoms with Crippen LogP contribution in [-0.4, -0.2) is 76.5 Å². The number of rotatable bonds is 9. The lowest BCUT2D eigenvalue weighted by Crippen LogP contribution is -2.50. The van der Waals surface area contributed by atoms with Gasteiger partial charge in [-0.2, -0.15) is 4.31 Å². The SMILES string of the molecule is CCOc1ccc(C(=O)NCCN2CCN(S(=O)(=O)c3ccc(OC)cc3)CC2)cc1. The maximum absolute atomic E-state index is 12.8. The quantitative estimate of drug-likeness (QED) is 0.631. The van der Waals surface area contributed by atoms with Gasteiger partial charge in [-0.05, 0) is 55.5 Å². The van der Waals surface area contributed by atoms with Crippen LogP contribution in [-0.2, 0) is 10.0 Å². The van der Waals surface area contributed by atoms with Crippen molar-refractivity contribution in [1.29, 1.82) is 0 Å². The minimum atomic E-state index is -3.52. The number of carbonyl (C=O) groups is 1. The van der Waals surface area contributed by atoms with Gasteiger partial charge in [-0.25, -0.2) is 8.42 Å². The summed E-state index contributed by atoms with van der Waals surface area (Å²) in [6.45, 7) is 5.73. The van der Waals surface area contributed by atoms with Crippen molar-refractivity contribution in [3.8, 4) is 11.5 Å². The number of hydrogen-bond donors (Lipinski definition) is 1. The van der Waals surface area contributed by atoms with E-state index < -0.39 is 10.0 Å². The summed E-state index contributed by atoms with van der Waals surface area (Å²) in [4.78, 5) is 14.7. The first-order chi connectivity index (χ1) is 14.9. The predicted octanol–water partition coefficient (Wildman–Crippen LogP) is 1.83. The summed E-state index contributed by atoms with van der Waals surface area (Å²) in [5.74, 6) is 1.22. The van der Waals surface area contributed by atoms with Gasteiger partial charge in [-0.3, -0.25) is 9.69 Å². The number of methoxy groups -OCH3 is 1. The summed E-state index contributed by atoms with van der Waals surface area (Å²) in [5.41, 5.74) is 0.582. The van der Waals surface area contributed by atoms with Crippen LogP contribution in [0.3, 0.4) is 0 Å². The van der Waals surface area contributed by atoms with Crippen LogP contribution in [0.5, 0.6) is 11.5 Å². The first-order valence-corrected chi connectivity index (χ1v) is 11.8. The fourth-order valence-electron chi connectivity index (χ4n) is 3.39. The molecule has 1 fully saturated rings. The molecule has 9 heteroatoms. The standard InChI is InChI=1S/C22H29N3O5S/c1-3-30-20-6-4-18(5-7-20)22(26)23-12-13-24-14-16-25(17-15-24)31(27,28)21-10-8-19(29-2)9-11-21/h4-11H,3,12-17H2,1-2H3,(H,23,26). The molecule has 0 saturated carbocycles. The van der Waals surface area contributed by atoms with Crippen LogP contribution in [0.4, 0.5) is 0 Å². The van der Waals surface area contributed by atoms with Crippen molar-refractivity contribution in [2.45, 2.75) is 11.8 Å². The van der Waals surface area contributed by atoms with Gasteiger partial charge >= 0.3 is 0 Å². The van der Waals surface area contributed by atoms with Gasteiger partial charge in [0.05, 0.1) is 18.6 Å². The highest BCUT2D eigenvalue weighted by molar-refractivity contribution is 7.89. The van der Waals surface area contributed by atoms with E-state index in [1.807, 2.05) is 6.92 Å². The molecule has 1 N–H and O–H groups in total. The van der Waals surface area contributed by atoms with Crippen molar-refractivity contribution in [2.75, 3.05) is 53.0 Å². The highest BCUT2D eigenvalue weighted by atomic mass is 32.2. The zero-order valence-electron chi connectivity index (χ0n) is 17.9. The molecular weight excluding hydrogens is 418 g/mol. The van der Waals surface area contributed by atoms with E-state index in [0.29, 0.717) is 57.2 Å². The number of benzene rings is 2. The Morgan fingerprint density at radius 3 is 2.16 bits per heavy atom. The molecule has 31 heavy (non-hydrogen) atoms. The molecule has 1 aliphatic heterocycles. The molecule has 2 aromatic carbocycles. The molecule has 0 spiro atoms. The molecule has 8 nitrogen and oxygen atoms in total. The van der Waals surface area contributed by atoms with Crippen molar-refractivity contribution < 1.29 is 22.7 Å². The van der Waals surface area contributed by atoms with Crippen LogP contribution in [0.1, 0.15) is 17.3 Å². The van der Waals surface area contributed by atoms with Gasteiger partial charge < -0.3 is 14.8 Å². The summed E-state index contributed by atoms with van der Waals surface area (Å²) in [7, 11) is -1.97. The first-order valence-electron chi connectivity index (χ1n) is 10.3. The zero-order valence-corrected chi connectivity index (χ0v) is 18.7. The molecule has 0 atom stereocenters. The molecule has 0 unspecified atom stereocenters. The van der Waals surface area contributed by atoms with Crippen LogP contribution < -0.4 is 14.8 Å². The van der Waals surface area contributed by atoms with Crippen molar-refractivity contribution in [3.05, 3.63) is 54.1 Å². The average Bonchev–Trinajstić information content (AvgIpc) is 2.80. The van der Waals surface area contributed by atoms with Crippen LogP contribution in [0.25, 0.3) is 0 Å². The number of hydrogen-bond acceptors (Lipinski definition) is 6. The minimum Gasteiger partial charge on any atom is -0.497 e. The number of amides is 1. The van der Waals surface area contributed by atoms with E-state index in [1.54, 1.807) is 55.6 Å². The van der Waals surface area contributed by atoms with E-state index in [1.165, 1.54) is 4.31 Å². The number of nitrogens with one attached hydrogen (secondary N) is 1. The van der Waals surface area contributed by atoms with Crippen molar-refractivity contribution in [1.82, 2.24) is 14.5 Å². The number of carbonyl (C=O) groups excluding carboxylic acids is 1. The molecule has 1 aliphatic rings. The summed E-state index contributed by atoms with van der Waals surface area (Å²) in [6, 6.07) is 13.5. The van der Waals surface area contributed by atoms with Gasteiger partial charge in [0.1, 0.15) is 11.5 Å². The Labute approximate surface area is 183 Å². The molecule has 2 aromatic rings. The summed E-state index contributed by atoms with van der Waals surface area (Å²) < 4.78 is 37.6. The molecule has 168 valence electrons. The lowest BCUT2D eigenvalue weighted by Gasteiger charge is -2.34. The van der Waals surface area contributed by atoms with E-state index in [-0.39, 0.29) is 10.8 Å². The van der Waals surface area contributed by atoms with Gasteiger partial charge in [0.25, 0.3) is 5.91 Å². The molecule has 0 bridgehead atoms. The molecule has 0 radical (unpaired) electrons. The number of sulfonamides is 1. The molecule has 0 aromatic heterocycles. The average molecular weight is 448 g/mol. The summed E-state index contributed by atoms with van der Waals surface area (Å²) in [6.07, 6.45) is 0. The van der Waals surface area contributed by atoms with Crippen molar-refractivity contribution in [2.24, 2.45) is 0 Å². The molecule has 0 aliphatic carbocycles. The lowest BCUT2D eigenvalue weighted by atomic mass is 10.2. The molecule has 1 saturated heterocycles. The lowest BCUT2D eigenvalue weighted by molar-refractivity contribution is 0.0945. The topological polar surface area (TPSA) is 88.2 Å². The molecule has 3 rings (SSSR count). The smallest absolute Gasteiger partial charge is 0.251 e. The van der Waals surface area contributed by atoms with Gasteiger partial charge in [0.15, 0.2) is 0 Å². The summed E-state index contributed by atoms with van der Waals surface area (Å²) >= 11 is 0. The number of ether oxygens (including phenoxy) is 2. The Bertz CT molecular complexity index is 954. The highest BCUT2D eigenvalue weighted by Crippen LogP contribution is 2.20. The first kappa shape index (κ1) is 23.1. The fourth-order valence-corrected chi connectivity index (χ4v) is 4.81. The number of nitrogens with zero attached hydrogens (tertiary/aromatic N) is 2. The van der Waals surface area contributed by atoms with Crippen LogP contribution >= 0.6 is 0 Å². The van der Waals surface area contributed by atoms with Gasteiger partial charge in [0.2, 0.25) is 10.0 Å². The number of piperazine rings is 1. The third-order valence-corrected chi connectivity index (χ3v) is 7.08. The van der Waals surface area contributed by atoms with E-state index in [4.69, 9.17) is 9.47 Å². The Balaban J connectivity index is 1.44. The molecular formula is C22H29N3O5S. The Hall–Kier alpha value is -2.62. The third kappa shape index (κ3) is 5.96. The Morgan fingerprint density at radius 1 is 0.968 bits per heavy atom. The maximum atomic E-state index is 12.8. The van der Waals surface area contributed by atoms with Crippen LogP contribution in [0, 0.1) is 0 Å². The zero-order chi connectivity index (χ0) is 22.3. The van der Waals surface area contributed by atoms with Crippen molar-refractivity contribution >= 4 is 15.9 Å². The van der Waals surface area contributed by atoms with Crippen LogP contribution in [0.15, 0.2) is 53.4 Å². The highest BCUT2D eigenvalue weighted by Gasteiger charge is 2.28. The maximum Gasteiger partial charge on any atom is 0.251 e. The Morgan fingerprint density at radius 2 is 1.58 bits per heavy atom. The van der Waals surface area contributed by atoms with Gasteiger partial charge in [-0.15, -0.1) is 0 Å². The normalized spacial score (nSPS) is 15.4. The van der Waals surface area contributed by atoms with Gasteiger partial charge in [0, 0.05) is 44.8 Å². The fraction of sp³-hybridized carbons (Fsp3) is 0.409. The second kappa shape index (κ2) is 10.6. The monoisotopic (exact) mass is 447 g/mol. The predicted molar refractivity (Wildman–Crippen MR) is 118 cm³/mol. The second-order valence-electron chi connectivity index (χ2n) is 7.13. The second-order valence-corrected chi connectivity index (χ2v) is 9.07. The van der Waals surface area contributed by atoms with Gasteiger partial charge in [-0.1, -0.05) is 0 Å². The molecule has 1 heterocycles. The van der Waals surface area contributed by atoms with E-state index in [2.05, 4.69) is 10.2 Å². The Kier molecular flexibility index (Phi) is 7.89. The third-order valence-electron chi connectivity index (χ3n) is 5.17. The van der Waals surface area contributed by atoms with Crippen LogP contribution in [0.2, 0.25) is 0 Å². The van der Waals surface area contributed by atoms with E-state index in [9.17, 15) is 13.2 Å². The van der Waals surface area contributed by atoms with E-state index in [0.717, 1.165) is 5.75 Å². The summed E-state index contributed by atoms with van der Waals surface area (Å²) in [5, 5.41) is 2.91. The van der Waals surface area contributed by atoms with Crippen molar-refractivity contribution in [3.63, 3.8) is 0 Å².